The number of carbonyl (C=O) groups excluding carboxylic acids is 1. The number of aryl methyl sites for hydroxylation is 1. The van der Waals surface area contributed by atoms with Crippen molar-refractivity contribution in [3.8, 4) is 0 Å². The Balaban J connectivity index is 1.16. The van der Waals surface area contributed by atoms with Gasteiger partial charge in [0.15, 0.2) is 0 Å². The molecule has 0 spiro atoms. The maximum atomic E-state index is 14.2. The smallest absolute Gasteiger partial charge is 0.352 e. The molecule has 9 nitrogen and oxygen atoms in total. The van der Waals surface area contributed by atoms with Crippen molar-refractivity contribution in [3.05, 3.63) is 47.2 Å². The van der Waals surface area contributed by atoms with E-state index in [2.05, 4.69) is 6.07 Å². The van der Waals surface area contributed by atoms with Crippen LogP contribution < -0.4 is 10.0 Å². The number of benzene rings is 2. The van der Waals surface area contributed by atoms with Crippen LogP contribution in [0.15, 0.2) is 46.5 Å². The molecule has 10 heteroatoms. The molecular weight excluding hydrogens is 578 g/mol. The molecule has 236 valence electrons. The van der Waals surface area contributed by atoms with E-state index >= 15 is 0 Å². The maximum absolute atomic E-state index is 14.2. The van der Waals surface area contributed by atoms with Gasteiger partial charge in [-0.2, -0.15) is 0 Å². The van der Waals surface area contributed by atoms with Crippen LogP contribution in [0.5, 0.6) is 0 Å². The van der Waals surface area contributed by atoms with E-state index in [1.807, 2.05) is 25.1 Å². The van der Waals surface area contributed by atoms with Gasteiger partial charge in [0.05, 0.1) is 35.2 Å². The Bertz CT molecular complexity index is 1670. The molecule has 3 heterocycles. The topological polar surface area (TPSA) is 141 Å². The Morgan fingerprint density at radius 2 is 1.75 bits per heavy atom. The molecule has 44 heavy (non-hydrogen) atoms. The number of anilines is 1. The first-order valence-corrected chi connectivity index (χ1v) is 17.6. The zero-order valence-electron chi connectivity index (χ0n) is 25.6. The van der Waals surface area contributed by atoms with Crippen LogP contribution in [0.1, 0.15) is 77.2 Å². The molecule has 8 rings (SSSR count). The fourth-order valence-corrected chi connectivity index (χ4v) is 11.1. The molecule has 1 saturated heterocycles. The Morgan fingerprint density at radius 3 is 2.36 bits per heavy atom. The lowest BCUT2D eigenvalue weighted by Gasteiger charge is -2.54. The van der Waals surface area contributed by atoms with E-state index in [0.29, 0.717) is 27.5 Å². The van der Waals surface area contributed by atoms with E-state index < -0.39 is 45.9 Å². The number of β-lactam (4-membered cyclic amide) rings is 1. The van der Waals surface area contributed by atoms with Gasteiger partial charge >= 0.3 is 5.97 Å². The zero-order chi connectivity index (χ0) is 31.2. The van der Waals surface area contributed by atoms with Crippen LogP contribution in [0, 0.1) is 22.7 Å². The normalized spacial score (nSPS) is 32.4. The molecule has 2 aromatic rings. The van der Waals surface area contributed by atoms with Crippen LogP contribution in [-0.2, 0) is 26.0 Å². The number of carboxylic acid groups (broad SMARTS) is 1. The molecule has 3 aliphatic heterocycles. The average Bonchev–Trinajstić information content (AvgIpc) is 3.37. The number of hydrogen-bond acceptors (Lipinski definition) is 6. The molecule has 2 aromatic carbocycles. The van der Waals surface area contributed by atoms with E-state index in [0.717, 1.165) is 36.8 Å². The number of aliphatic hydroxyl groups is 1. The average molecular weight is 622 g/mol. The van der Waals surface area contributed by atoms with Gasteiger partial charge in [0.1, 0.15) is 5.70 Å². The predicted molar refractivity (Wildman–Crippen MR) is 167 cm³/mol. The van der Waals surface area contributed by atoms with E-state index in [1.54, 1.807) is 6.07 Å². The lowest BCUT2D eigenvalue weighted by Crippen LogP contribution is -2.63. The third-order valence-electron chi connectivity index (χ3n) is 12.1. The van der Waals surface area contributed by atoms with Crippen LogP contribution in [0.4, 0.5) is 5.69 Å². The monoisotopic (exact) mass is 621 g/mol. The fourth-order valence-electron chi connectivity index (χ4n) is 9.39. The molecule has 4 atom stereocenters. The molecule has 3 saturated carbocycles. The third-order valence-corrected chi connectivity index (χ3v) is 13.8. The first-order chi connectivity index (χ1) is 20.9. The van der Waals surface area contributed by atoms with Gasteiger partial charge in [0.25, 0.3) is 10.0 Å². The standard InChI is InChI=1S/C34H43N3O6S/c1-20-24(30(32(40)41)37-29(20)27(21(2)38)31(37)39)19-36-25-6-3-5-23-17-22(18-26(28(23)25)44(36,42)43)7-9-34-13-10-33(11-14-34,12-15-34)8-4-16-35/h3,5-6,17-18,20-21,27,29,38H,4,7-16,19,35H2,1-2H3,(H,40,41). The van der Waals surface area contributed by atoms with Gasteiger partial charge in [-0.15, -0.1) is 0 Å². The van der Waals surface area contributed by atoms with Crippen molar-refractivity contribution < 1.29 is 28.2 Å². The Labute approximate surface area is 259 Å². The SMILES string of the molecule is CC(O)C1C(=O)N2C(C(=O)O)=C(CN3c4cccc5cc(CCC67CCC(CCCN)(CC6)CC7)cc(c45)S3(=O)=O)C(C)C12. The molecule has 0 aromatic heterocycles. The molecule has 1 amide bonds. The van der Waals surface area contributed by atoms with Crippen molar-refractivity contribution in [2.24, 2.45) is 28.4 Å². The molecular formula is C34H43N3O6S. The first-order valence-electron chi connectivity index (χ1n) is 16.2. The zero-order valence-corrected chi connectivity index (χ0v) is 26.4. The predicted octanol–water partition coefficient (Wildman–Crippen LogP) is 4.56. The summed E-state index contributed by atoms with van der Waals surface area (Å²) in [5.74, 6) is -2.81. The summed E-state index contributed by atoms with van der Waals surface area (Å²) in [5.41, 5.74) is 8.41. The van der Waals surface area contributed by atoms with Gasteiger partial charge in [-0.1, -0.05) is 25.1 Å². The van der Waals surface area contributed by atoms with Crippen LogP contribution >= 0.6 is 0 Å². The number of rotatable bonds is 10. The summed E-state index contributed by atoms with van der Waals surface area (Å²) in [4.78, 5) is 26.7. The van der Waals surface area contributed by atoms with E-state index in [-0.39, 0.29) is 17.1 Å². The highest BCUT2D eigenvalue weighted by Crippen LogP contribution is 2.60. The number of hydrogen-bond donors (Lipinski definition) is 3. The molecule has 4 N–H and O–H groups in total. The van der Waals surface area contributed by atoms with Gasteiger partial charge < -0.3 is 20.8 Å². The van der Waals surface area contributed by atoms with Gasteiger partial charge in [-0.05, 0) is 117 Å². The quantitative estimate of drug-likeness (QED) is 0.331. The highest BCUT2D eigenvalue weighted by atomic mass is 32.2. The Kier molecular flexibility index (Phi) is 6.95. The Morgan fingerprint density at radius 1 is 1.09 bits per heavy atom. The Hall–Kier alpha value is -2.95. The lowest BCUT2D eigenvalue weighted by molar-refractivity contribution is -0.163. The second kappa shape index (κ2) is 10.3. The number of nitrogens with zero attached hydrogens (tertiary/aromatic N) is 2. The van der Waals surface area contributed by atoms with E-state index in [9.17, 15) is 28.2 Å². The number of amides is 1. The van der Waals surface area contributed by atoms with Gasteiger partial charge in [-0.25, -0.2) is 13.2 Å². The maximum Gasteiger partial charge on any atom is 0.352 e. The summed E-state index contributed by atoms with van der Waals surface area (Å²) in [7, 11) is -3.97. The fraction of sp³-hybridized carbons (Fsp3) is 0.588. The van der Waals surface area contributed by atoms with Crippen LogP contribution in [0.2, 0.25) is 0 Å². The molecule has 0 radical (unpaired) electrons. The molecule has 3 aliphatic carbocycles. The minimum Gasteiger partial charge on any atom is -0.477 e. The van der Waals surface area contributed by atoms with Crippen LogP contribution in [0.25, 0.3) is 10.8 Å². The minimum absolute atomic E-state index is 0.157. The molecule has 6 aliphatic rings. The second-order valence-electron chi connectivity index (χ2n) is 14.3. The largest absolute Gasteiger partial charge is 0.477 e. The molecule has 2 bridgehead atoms. The van der Waals surface area contributed by atoms with Gasteiger partial charge in [0.2, 0.25) is 5.91 Å². The third kappa shape index (κ3) is 4.27. The summed E-state index contributed by atoms with van der Waals surface area (Å²) >= 11 is 0. The molecule has 4 fully saturated rings. The van der Waals surface area contributed by atoms with Crippen molar-refractivity contribution in [1.29, 1.82) is 0 Å². The second-order valence-corrected chi connectivity index (χ2v) is 16.1. The summed E-state index contributed by atoms with van der Waals surface area (Å²) in [6, 6.07) is 9.03. The highest BCUT2D eigenvalue weighted by Gasteiger charge is 2.60. The molecule has 4 unspecified atom stereocenters. The number of carboxylic acids is 1. The van der Waals surface area contributed by atoms with Crippen molar-refractivity contribution >= 4 is 38.4 Å². The number of nitrogens with two attached hydrogens (primary N) is 1. The summed E-state index contributed by atoms with van der Waals surface area (Å²) < 4.78 is 29.7. The number of fused-ring (bicyclic) bond motifs is 4. The number of aliphatic hydroxyl groups excluding tert-OH is 1. The van der Waals surface area contributed by atoms with Crippen molar-refractivity contribution in [2.75, 3.05) is 17.4 Å². The summed E-state index contributed by atoms with van der Waals surface area (Å²) in [5, 5.41) is 21.9. The number of aliphatic carboxylic acids is 1. The van der Waals surface area contributed by atoms with E-state index in [1.165, 1.54) is 61.1 Å². The number of sulfonamides is 1. The van der Waals surface area contributed by atoms with Crippen molar-refractivity contribution in [3.63, 3.8) is 0 Å². The summed E-state index contributed by atoms with van der Waals surface area (Å²) in [6.07, 6.45) is 10.8. The number of carbonyl (C=O) groups is 2. The van der Waals surface area contributed by atoms with E-state index in [4.69, 9.17) is 5.73 Å². The summed E-state index contributed by atoms with van der Waals surface area (Å²) in [6.45, 7) is 3.95. The minimum atomic E-state index is -3.97. The van der Waals surface area contributed by atoms with Crippen LogP contribution in [-0.4, -0.2) is 60.6 Å². The van der Waals surface area contributed by atoms with Crippen molar-refractivity contribution in [2.45, 2.75) is 95.1 Å². The first kappa shape index (κ1) is 29.7. The van der Waals surface area contributed by atoms with Crippen LogP contribution in [0.3, 0.4) is 0 Å². The van der Waals surface area contributed by atoms with Crippen molar-refractivity contribution in [1.82, 2.24) is 4.90 Å². The lowest BCUT2D eigenvalue weighted by atomic mass is 9.51. The van der Waals surface area contributed by atoms with Gasteiger partial charge in [0, 0.05) is 11.3 Å². The van der Waals surface area contributed by atoms with Gasteiger partial charge in [-0.3, -0.25) is 9.10 Å². The highest BCUT2D eigenvalue weighted by molar-refractivity contribution is 7.93.